The number of halogens is 1. The Morgan fingerprint density at radius 1 is 0.781 bits per heavy atom. The van der Waals surface area contributed by atoms with E-state index >= 15 is 0 Å². The number of hydrogen-bond donors (Lipinski definition) is 0. The van der Waals surface area contributed by atoms with Crippen LogP contribution in [0.3, 0.4) is 0 Å². The van der Waals surface area contributed by atoms with Crippen molar-refractivity contribution in [2.75, 3.05) is 4.90 Å². The zero-order valence-electron chi connectivity index (χ0n) is 17.4. The molecule has 4 aromatic carbocycles. The molecule has 0 aromatic heterocycles. The molecule has 4 aromatic rings. The highest BCUT2D eigenvalue weighted by Crippen LogP contribution is 2.47. The van der Waals surface area contributed by atoms with Crippen LogP contribution in [0.1, 0.15) is 28.7 Å². The lowest BCUT2D eigenvalue weighted by molar-refractivity contribution is 0.202. The molecule has 3 nitrogen and oxygen atoms in total. The average Bonchev–Trinajstić information content (AvgIpc) is 2.84. The topological polar surface area (TPSA) is 29.5 Å². The highest BCUT2D eigenvalue weighted by molar-refractivity contribution is 5.92. The molecule has 5 rings (SSSR count). The Hall–Kier alpha value is -3.92. The first-order valence-electron chi connectivity index (χ1n) is 10.6. The van der Waals surface area contributed by atoms with Gasteiger partial charge in [0.05, 0.1) is 11.7 Å². The summed E-state index contributed by atoms with van der Waals surface area (Å²) in [6.45, 7) is 0. The van der Waals surface area contributed by atoms with Crippen molar-refractivity contribution in [1.82, 2.24) is 0 Å². The Kier molecular flexibility index (Phi) is 5.42. The SMILES string of the molecule is O=C(Oc1ccccc1)N1c2ccccc2C[C@H](c2cccc(F)c2)[C@H]1c1ccccc1. The van der Waals surface area contributed by atoms with Crippen LogP contribution < -0.4 is 9.64 Å². The summed E-state index contributed by atoms with van der Waals surface area (Å²) in [7, 11) is 0. The Bertz CT molecular complexity index is 1230. The third-order valence-corrected chi connectivity index (χ3v) is 5.91. The summed E-state index contributed by atoms with van der Waals surface area (Å²) in [6, 6.07) is 33.1. The van der Waals surface area contributed by atoms with Gasteiger partial charge in [0.1, 0.15) is 11.6 Å². The molecule has 0 bridgehead atoms. The summed E-state index contributed by atoms with van der Waals surface area (Å²) in [5.74, 6) is 0.0626. The number of rotatable bonds is 3. The molecule has 1 aliphatic rings. The van der Waals surface area contributed by atoms with Gasteiger partial charge in [0.15, 0.2) is 0 Å². The number of benzene rings is 4. The van der Waals surface area contributed by atoms with Gasteiger partial charge in [0, 0.05) is 5.92 Å². The third-order valence-electron chi connectivity index (χ3n) is 5.91. The summed E-state index contributed by atoms with van der Waals surface area (Å²) < 4.78 is 20.0. The monoisotopic (exact) mass is 423 g/mol. The number of carbonyl (C=O) groups excluding carboxylic acids is 1. The van der Waals surface area contributed by atoms with Crippen LogP contribution in [0.2, 0.25) is 0 Å². The van der Waals surface area contributed by atoms with E-state index in [0.29, 0.717) is 12.2 Å². The normalized spacial score (nSPS) is 17.5. The van der Waals surface area contributed by atoms with Gasteiger partial charge in [0.2, 0.25) is 0 Å². The molecule has 32 heavy (non-hydrogen) atoms. The van der Waals surface area contributed by atoms with Crippen LogP contribution in [-0.4, -0.2) is 6.09 Å². The molecule has 0 unspecified atom stereocenters. The zero-order valence-corrected chi connectivity index (χ0v) is 17.4. The van der Waals surface area contributed by atoms with Gasteiger partial charge in [-0.05, 0) is 53.4 Å². The molecule has 0 saturated heterocycles. The number of hydrogen-bond acceptors (Lipinski definition) is 2. The van der Waals surface area contributed by atoms with Crippen LogP contribution in [0.5, 0.6) is 5.75 Å². The van der Waals surface area contributed by atoms with Gasteiger partial charge < -0.3 is 4.74 Å². The molecule has 0 fully saturated rings. The Morgan fingerprint density at radius 2 is 1.44 bits per heavy atom. The summed E-state index contributed by atoms with van der Waals surface area (Å²) in [4.78, 5) is 15.3. The van der Waals surface area contributed by atoms with E-state index < -0.39 is 6.09 Å². The highest BCUT2D eigenvalue weighted by Gasteiger charge is 2.40. The van der Waals surface area contributed by atoms with E-state index in [1.807, 2.05) is 78.9 Å². The van der Waals surface area contributed by atoms with Crippen LogP contribution in [0.25, 0.3) is 0 Å². The van der Waals surface area contributed by atoms with Crippen molar-refractivity contribution in [3.8, 4) is 5.75 Å². The highest BCUT2D eigenvalue weighted by atomic mass is 19.1. The van der Waals surface area contributed by atoms with Crippen LogP contribution in [0, 0.1) is 5.82 Å². The van der Waals surface area contributed by atoms with E-state index in [1.165, 1.54) is 6.07 Å². The average molecular weight is 423 g/mol. The molecule has 0 spiro atoms. The van der Waals surface area contributed by atoms with Gasteiger partial charge in [0.25, 0.3) is 0 Å². The molecular formula is C28H22FNO2. The van der Waals surface area contributed by atoms with E-state index in [2.05, 4.69) is 0 Å². The minimum absolute atomic E-state index is 0.133. The lowest BCUT2D eigenvalue weighted by atomic mass is 9.78. The van der Waals surface area contributed by atoms with Crippen molar-refractivity contribution >= 4 is 11.8 Å². The first kappa shape index (κ1) is 20.0. The van der Waals surface area contributed by atoms with Gasteiger partial charge in [-0.25, -0.2) is 9.18 Å². The summed E-state index contributed by atoms with van der Waals surface area (Å²) >= 11 is 0. The zero-order chi connectivity index (χ0) is 21.9. The molecule has 158 valence electrons. The summed E-state index contributed by atoms with van der Waals surface area (Å²) in [5, 5.41) is 0. The fourth-order valence-electron chi connectivity index (χ4n) is 4.52. The summed E-state index contributed by atoms with van der Waals surface area (Å²) in [6.07, 6.45) is 0.229. The van der Waals surface area contributed by atoms with Crippen molar-refractivity contribution < 1.29 is 13.9 Å². The number of carbonyl (C=O) groups is 1. The maximum atomic E-state index is 14.2. The Balaban J connectivity index is 1.66. The minimum Gasteiger partial charge on any atom is -0.410 e. The van der Waals surface area contributed by atoms with Crippen LogP contribution >= 0.6 is 0 Å². The fourth-order valence-corrected chi connectivity index (χ4v) is 4.52. The summed E-state index contributed by atoms with van der Waals surface area (Å²) in [5.41, 5.74) is 3.67. The first-order valence-corrected chi connectivity index (χ1v) is 10.6. The van der Waals surface area contributed by atoms with Gasteiger partial charge >= 0.3 is 6.09 Å². The van der Waals surface area contributed by atoms with E-state index in [1.54, 1.807) is 29.2 Å². The number of anilines is 1. The van der Waals surface area contributed by atoms with Gasteiger partial charge in [-0.2, -0.15) is 0 Å². The van der Waals surface area contributed by atoms with E-state index in [4.69, 9.17) is 4.74 Å². The second kappa shape index (κ2) is 8.67. The molecule has 2 atom stereocenters. The van der Waals surface area contributed by atoms with Gasteiger partial charge in [-0.1, -0.05) is 78.9 Å². The molecule has 1 amide bonds. The first-order chi connectivity index (χ1) is 15.7. The van der Waals surface area contributed by atoms with Crippen LogP contribution in [0.4, 0.5) is 14.9 Å². The lowest BCUT2D eigenvalue weighted by Crippen LogP contribution is -2.43. The predicted octanol–water partition coefficient (Wildman–Crippen LogP) is 6.91. The maximum absolute atomic E-state index is 14.2. The van der Waals surface area contributed by atoms with Crippen LogP contribution in [-0.2, 0) is 6.42 Å². The number of fused-ring (bicyclic) bond motifs is 1. The molecule has 0 N–H and O–H groups in total. The molecule has 1 aliphatic heterocycles. The smallest absolute Gasteiger partial charge is 0.410 e. The second-order valence-corrected chi connectivity index (χ2v) is 7.90. The van der Waals surface area contributed by atoms with Crippen molar-refractivity contribution in [1.29, 1.82) is 0 Å². The molecule has 1 heterocycles. The number of amides is 1. The van der Waals surface area contributed by atoms with Crippen molar-refractivity contribution in [3.05, 3.63) is 132 Å². The van der Waals surface area contributed by atoms with E-state index in [0.717, 1.165) is 22.4 Å². The van der Waals surface area contributed by atoms with Crippen molar-refractivity contribution in [2.45, 2.75) is 18.4 Å². The molecule has 0 aliphatic carbocycles. The number of para-hydroxylation sites is 2. The predicted molar refractivity (Wildman–Crippen MR) is 123 cm³/mol. The largest absolute Gasteiger partial charge is 0.420 e. The second-order valence-electron chi connectivity index (χ2n) is 7.90. The minimum atomic E-state index is -0.460. The van der Waals surface area contributed by atoms with Gasteiger partial charge in [-0.3, -0.25) is 4.90 Å². The quantitative estimate of drug-likeness (QED) is 0.358. The van der Waals surface area contributed by atoms with Crippen molar-refractivity contribution in [3.63, 3.8) is 0 Å². The van der Waals surface area contributed by atoms with Gasteiger partial charge in [-0.15, -0.1) is 0 Å². The third kappa shape index (κ3) is 3.87. The molecular weight excluding hydrogens is 401 g/mol. The van der Waals surface area contributed by atoms with Crippen LogP contribution in [0.15, 0.2) is 109 Å². The standard InChI is InChI=1S/C28H22FNO2/c29-23-14-9-13-21(18-23)25-19-22-12-7-8-17-26(22)30(27(25)20-10-3-1-4-11-20)28(31)32-24-15-5-2-6-16-24/h1-18,25,27H,19H2/t25-,27-/m1/s1. The Labute approximate surface area is 186 Å². The number of ether oxygens (including phenoxy) is 1. The maximum Gasteiger partial charge on any atom is 0.420 e. The molecule has 0 radical (unpaired) electrons. The lowest BCUT2D eigenvalue weighted by Gasteiger charge is -2.42. The molecule has 4 heteroatoms. The van der Waals surface area contributed by atoms with E-state index in [-0.39, 0.29) is 17.8 Å². The van der Waals surface area contributed by atoms with Crippen molar-refractivity contribution in [2.24, 2.45) is 0 Å². The number of nitrogens with zero attached hydrogens (tertiary/aromatic N) is 1. The van der Waals surface area contributed by atoms with E-state index in [9.17, 15) is 9.18 Å². The molecule has 0 saturated carbocycles. The fraction of sp³-hybridized carbons (Fsp3) is 0.107. The Morgan fingerprint density at radius 3 is 2.19 bits per heavy atom.